The lowest BCUT2D eigenvalue weighted by molar-refractivity contribution is 0.134. The smallest absolute Gasteiger partial charge is 0.127 e. The number of ether oxygens (including phenoxy) is 1. The van der Waals surface area contributed by atoms with E-state index in [4.69, 9.17) is 4.74 Å². The largest absolute Gasteiger partial charge is 0.490 e. The van der Waals surface area contributed by atoms with Crippen LogP contribution in [-0.2, 0) is 6.54 Å². The minimum atomic E-state index is 0.105. The second-order valence-electron chi connectivity index (χ2n) is 7.09. The molecule has 2 rings (SSSR count). The van der Waals surface area contributed by atoms with Crippen molar-refractivity contribution in [1.82, 2.24) is 10.3 Å². The van der Waals surface area contributed by atoms with Gasteiger partial charge in [0.2, 0.25) is 0 Å². The molecule has 0 saturated heterocycles. The summed E-state index contributed by atoms with van der Waals surface area (Å²) in [4.78, 5) is 4.23. The fourth-order valence-corrected chi connectivity index (χ4v) is 2.55. The van der Waals surface area contributed by atoms with E-state index in [1.807, 2.05) is 18.5 Å². The van der Waals surface area contributed by atoms with Crippen molar-refractivity contribution in [2.75, 3.05) is 0 Å². The van der Waals surface area contributed by atoms with Crippen LogP contribution in [0, 0.1) is 5.92 Å². The molecule has 1 saturated carbocycles. The van der Waals surface area contributed by atoms with E-state index < -0.39 is 0 Å². The monoisotopic (exact) mass is 276 g/mol. The quantitative estimate of drug-likeness (QED) is 0.905. The molecule has 0 aliphatic heterocycles. The third-order valence-corrected chi connectivity index (χ3v) is 3.92. The van der Waals surface area contributed by atoms with Gasteiger partial charge in [0.1, 0.15) is 5.75 Å². The van der Waals surface area contributed by atoms with E-state index in [1.54, 1.807) is 0 Å². The molecule has 1 heterocycles. The number of nitrogens with one attached hydrogen (secondary N) is 1. The first-order valence-corrected chi connectivity index (χ1v) is 7.78. The molecule has 0 atom stereocenters. The fourth-order valence-electron chi connectivity index (χ4n) is 2.55. The minimum absolute atomic E-state index is 0.105. The summed E-state index contributed by atoms with van der Waals surface area (Å²) in [5.74, 6) is 1.85. The van der Waals surface area contributed by atoms with E-state index in [0.717, 1.165) is 23.8 Å². The van der Waals surface area contributed by atoms with Gasteiger partial charge >= 0.3 is 0 Å². The molecule has 1 aromatic heterocycles. The lowest BCUT2D eigenvalue weighted by Crippen LogP contribution is -2.35. The predicted molar refractivity (Wildman–Crippen MR) is 82.9 cm³/mol. The molecule has 1 fully saturated rings. The third kappa shape index (κ3) is 4.78. The van der Waals surface area contributed by atoms with Crippen LogP contribution in [0.2, 0.25) is 0 Å². The van der Waals surface area contributed by atoms with Crippen molar-refractivity contribution in [2.45, 2.75) is 71.6 Å². The summed E-state index contributed by atoms with van der Waals surface area (Å²) in [6.45, 7) is 9.66. The topological polar surface area (TPSA) is 34.1 Å². The van der Waals surface area contributed by atoms with Gasteiger partial charge in [-0.15, -0.1) is 0 Å². The lowest BCUT2D eigenvalue weighted by Gasteiger charge is -2.28. The molecular weight excluding hydrogens is 248 g/mol. The van der Waals surface area contributed by atoms with E-state index in [2.05, 4.69) is 38.0 Å². The number of hydrogen-bond donors (Lipinski definition) is 1. The zero-order valence-corrected chi connectivity index (χ0v) is 13.3. The van der Waals surface area contributed by atoms with Gasteiger partial charge in [-0.1, -0.05) is 6.92 Å². The number of rotatable bonds is 4. The maximum Gasteiger partial charge on any atom is 0.127 e. The standard InChI is InChI=1S/C17H28N2O/c1-13-5-7-15(8-6-13)20-16-9-10-18-11-14(16)12-19-17(2,3)4/h9-11,13,15,19H,5-8,12H2,1-4H3. The first-order chi connectivity index (χ1) is 9.44. The van der Waals surface area contributed by atoms with Gasteiger partial charge in [-0.3, -0.25) is 4.98 Å². The Hall–Kier alpha value is -1.09. The van der Waals surface area contributed by atoms with Crippen LogP contribution in [-0.4, -0.2) is 16.6 Å². The Bertz CT molecular complexity index is 417. The highest BCUT2D eigenvalue weighted by Crippen LogP contribution is 2.28. The van der Waals surface area contributed by atoms with Gasteiger partial charge in [0.05, 0.1) is 6.10 Å². The van der Waals surface area contributed by atoms with E-state index >= 15 is 0 Å². The summed E-state index contributed by atoms with van der Waals surface area (Å²) in [5, 5.41) is 3.50. The predicted octanol–water partition coefficient (Wildman–Crippen LogP) is 3.93. The molecule has 3 nitrogen and oxygen atoms in total. The van der Waals surface area contributed by atoms with Crippen molar-refractivity contribution in [3.8, 4) is 5.75 Å². The molecule has 0 amide bonds. The maximum absolute atomic E-state index is 6.22. The first-order valence-electron chi connectivity index (χ1n) is 7.78. The second kappa shape index (κ2) is 6.57. The third-order valence-electron chi connectivity index (χ3n) is 3.92. The maximum atomic E-state index is 6.22. The van der Waals surface area contributed by atoms with Gasteiger partial charge in [-0.2, -0.15) is 0 Å². The van der Waals surface area contributed by atoms with Crippen molar-refractivity contribution in [3.05, 3.63) is 24.0 Å². The summed E-state index contributed by atoms with van der Waals surface area (Å²) in [5.41, 5.74) is 1.26. The van der Waals surface area contributed by atoms with Crippen LogP contribution >= 0.6 is 0 Å². The Kier molecular flexibility index (Phi) is 5.03. The van der Waals surface area contributed by atoms with E-state index in [0.29, 0.717) is 6.10 Å². The SMILES string of the molecule is CC1CCC(Oc2ccncc2CNC(C)(C)C)CC1. The Morgan fingerprint density at radius 1 is 1.25 bits per heavy atom. The number of nitrogens with zero attached hydrogens (tertiary/aromatic N) is 1. The van der Waals surface area contributed by atoms with Gasteiger partial charge in [0.15, 0.2) is 0 Å². The van der Waals surface area contributed by atoms with Crippen LogP contribution in [0.25, 0.3) is 0 Å². The van der Waals surface area contributed by atoms with Gasteiger partial charge in [-0.25, -0.2) is 0 Å². The molecule has 3 heteroatoms. The average molecular weight is 276 g/mol. The molecule has 1 aromatic rings. The summed E-state index contributed by atoms with van der Waals surface area (Å²) in [7, 11) is 0. The molecule has 0 bridgehead atoms. The number of hydrogen-bond acceptors (Lipinski definition) is 3. The normalized spacial score (nSPS) is 23.6. The van der Waals surface area contributed by atoms with Crippen molar-refractivity contribution in [3.63, 3.8) is 0 Å². The summed E-state index contributed by atoms with van der Waals surface area (Å²) >= 11 is 0. The summed E-state index contributed by atoms with van der Waals surface area (Å²) < 4.78 is 6.22. The molecule has 1 aliphatic rings. The van der Waals surface area contributed by atoms with Crippen molar-refractivity contribution < 1.29 is 4.74 Å². The first kappa shape index (κ1) is 15.3. The van der Waals surface area contributed by atoms with Crippen molar-refractivity contribution in [2.24, 2.45) is 5.92 Å². The zero-order valence-electron chi connectivity index (χ0n) is 13.3. The summed E-state index contributed by atoms with van der Waals surface area (Å²) in [6.07, 6.45) is 9.03. The highest BCUT2D eigenvalue weighted by Gasteiger charge is 2.20. The molecule has 0 unspecified atom stereocenters. The fraction of sp³-hybridized carbons (Fsp3) is 0.706. The van der Waals surface area contributed by atoms with E-state index in [1.165, 1.54) is 25.7 Å². The Morgan fingerprint density at radius 3 is 2.60 bits per heavy atom. The minimum Gasteiger partial charge on any atom is -0.490 e. The Morgan fingerprint density at radius 2 is 1.95 bits per heavy atom. The molecule has 0 aromatic carbocycles. The molecule has 112 valence electrons. The highest BCUT2D eigenvalue weighted by molar-refractivity contribution is 5.30. The van der Waals surface area contributed by atoms with Gasteiger partial charge in [0, 0.05) is 30.0 Å². The van der Waals surface area contributed by atoms with Crippen molar-refractivity contribution in [1.29, 1.82) is 0 Å². The summed E-state index contributed by atoms with van der Waals surface area (Å²) in [6, 6.07) is 2.00. The van der Waals surface area contributed by atoms with Crippen LogP contribution < -0.4 is 10.1 Å². The molecule has 20 heavy (non-hydrogen) atoms. The average Bonchev–Trinajstić information content (AvgIpc) is 2.39. The van der Waals surface area contributed by atoms with E-state index in [9.17, 15) is 0 Å². The number of pyridine rings is 1. The van der Waals surface area contributed by atoms with E-state index in [-0.39, 0.29) is 5.54 Å². The molecule has 0 spiro atoms. The van der Waals surface area contributed by atoms with Crippen LogP contribution in [0.3, 0.4) is 0 Å². The van der Waals surface area contributed by atoms with Crippen LogP contribution in [0.5, 0.6) is 5.75 Å². The molecule has 1 aliphatic carbocycles. The Balaban J connectivity index is 1.97. The second-order valence-corrected chi connectivity index (χ2v) is 7.09. The van der Waals surface area contributed by atoms with Gasteiger partial charge in [-0.05, 0) is 58.4 Å². The van der Waals surface area contributed by atoms with Gasteiger partial charge < -0.3 is 10.1 Å². The van der Waals surface area contributed by atoms with Crippen LogP contribution in [0.4, 0.5) is 0 Å². The van der Waals surface area contributed by atoms with Crippen molar-refractivity contribution >= 4 is 0 Å². The van der Waals surface area contributed by atoms with Crippen LogP contribution in [0.15, 0.2) is 18.5 Å². The number of aromatic nitrogens is 1. The molecular formula is C17H28N2O. The van der Waals surface area contributed by atoms with Gasteiger partial charge in [0.25, 0.3) is 0 Å². The highest BCUT2D eigenvalue weighted by atomic mass is 16.5. The molecule has 1 N–H and O–H groups in total. The lowest BCUT2D eigenvalue weighted by atomic mass is 9.89. The zero-order chi connectivity index (χ0) is 14.6. The molecule has 0 radical (unpaired) electrons. The van der Waals surface area contributed by atoms with Crippen LogP contribution in [0.1, 0.15) is 58.9 Å². The Labute approximate surface area is 123 Å².